The number of ether oxygens (including phenoxy) is 1. The number of anilines is 1. The van der Waals surface area contributed by atoms with Gasteiger partial charge in [0, 0.05) is 50.5 Å². The second-order valence-corrected chi connectivity index (χ2v) is 7.92. The fraction of sp³-hybridized carbons (Fsp3) is 0.435. The number of rotatable bonds is 5. The molecule has 0 radical (unpaired) electrons. The number of alkyl halides is 3. The van der Waals surface area contributed by atoms with Crippen molar-refractivity contribution in [3.05, 3.63) is 64.7 Å². The van der Waals surface area contributed by atoms with Crippen LogP contribution in [-0.2, 0) is 23.9 Å². The molecule has 1 fully saturated rings. The summed E-state index contributed by atoms with van der Waals surface area (Å²) in [6.45, 7) is 5.32. The van der Waals surface area contributed by atoms with Gasteiger partial charge in [0.2, 0.25) is 0 Å². The molecule has 0 spiro atoms. The van der Waals surface area contributed by atoms with E-state index in [-0.39, 0.29) is 5.91 Å². The second-order valence-electron chi connectivity index (χ2n) is 7.92. The van der Waals surface area contributed by atoms with Crippen LogP contribution < -0.4 is 10.2 Å². The maximum absolute atomic E-state index is 12.9. The Bertz CT molecular complexity index is 925. The summed E-state index contributed by atoms with van der Waals surface area (Å²) in [5.41, 5.74) is 2.95. The van der Waals surface area contributed by atoms with Crippen molar-refractivity contribution in [3.8, 4) is 0 Å². The van der Waals surface area contributed by atoms with Crippen molar-refractivity contribution in [2.75, 3.05) is 50.8 Å². The molecule has 1 N–H and O–H groups in total. The number of hydrogen-bond donors (Lipinski definition) is 1. The first-order chi connectivity index (χ1) is 14.9. The minimum Gasteiger partial charge on any atom is -0.376 e. The molecule has 166 valence electrons. The van der Waals surface area contributed by atoms with Gasteiger partial charge in [-0.25, -0.2) is 0 Å². The summed E-state index contributed by atoms with van der Waals surface area (Å²) >= 11 is 0. The summed E-state index contributed by atoms with van der Waals surface area (Å²) in [5.74, 6) is -0.0862. The average Bonchev–Trinajstić information content (AvgIpc) is 2.78. The molecule has 0 saturated carbocycles. The first-order valence-corrected chi connectivity index (χ1v) is 10.5. The lowest BCUT2D eigenvalue weighted by molar-refractivity contribution is -0.137. The Morgan fingerprint density at radius 2 is 1.84 bits per heavy atom. The number of fused-ring (bicyclic) bond motifs is 1. The zero-order valence-corrected chi connectivity index (χ0v) is 17.3. The molecule has 8 heteroatoms. The zero-order valence-electron chi connectivity index (χ0n) is 17.3. The van der Waals surface area contributed by atoms with Crippen molar-refractivity contribution >= 4 is 11.6 Å². The molecular formula is C23H26F3N3O2. The molecule has 1 saturated heterocycles. The van der Waals surface area contributed by atoms with Gasteiger partial charge < -0.3 is 15.0 Å². The number of hydrogen-bond acceptors (Lipinski definition) is 4. The molecule has 0 bridgehead atoms. The molecule has 0 atom stereocenters. The Kier molecular flexibility index (Phi) is 6.48. The van der Waals surface area contributed by atoms with Gasteiger partial charge >= 0.3 is 6.18 Å². The van der Waals surface area contributed by atoms with E-state index in [9.17, 15) is 18.0 Å². The van der Waals surface area contributed by atoms with Crippen LogP contribution >= 0.6 is 0 Å². The van der Waals surface area contributed by atoms with Gasteiger partial charge in [0.15, 0.2) is 0 Å². The molecule has 0 unspecified atom stereocenters. The number of halogens is 3. The van der Waals surface area contributed by atoms with Gasteiger partial charge in [0.25, 0.3) is 5.91 Å². The van der Waals surface area contributed by atoms with E-state index in [1.54, 1.807) is 6.07 Å². The maximum Gasteiger partial charge on any atom is 0.416 e. The number of piperazine rings is 1. The van der Waals surface area contributed by atoms with Crippen LogP contribution in [0.5, 0.6) is 0 Å². The van der Waals surface area contributed by atoms with Gasteiger partial charge in [-0.2, -0.15) is 13.2 Å². The van der Waals surface area contributed by atoms with Gasteiger partial charge in [0.05, 0.1) is 18.8 Å². The van der Waals surface area contributed by atoms with E-state index < -0.39 is 11.7 Å². The maximum atomic E-state index is 12.9. The Morgan fingerprint density at radius 3 is 2.61 bits per heavy atom. The molecule has 31 heavy (non-hydrogen) atoms. The molecule has 2 aliphatic rings. The first kappa shape index (κ1) is 21.6. The summed E-state index contributed by atoms with van der Waals surface area (Å²) < 4.78 is 44.2. The van der Waals surface area contributed by atoms with Gasteiger partial charge in [-0.3, -0.25) is 9.69 Å². The molecule has 4 rings (SSSR count). The Hall–Kier alpha value is -2.58. The van der Waals surface area contributed by atoms with Crippen LogP contribution in [0.25, 0.3) is 0 Å². The van der Waals surface area contributed by atoms with Crippen LogP contribution in [0.15, 0.2) is 42.5 Å². The lowest BCUT2D eigenvalue weighted by Gasteiger charge is -2.36. The quantitative estimate of drug-likeness (QED) is 0.786. The predicted molar refractivity (Wildman–Crippen MR) is 112 cm³/mol. The SMILES string of the molecule is O=C(NCCN1CCN(c2cccc(C(F)(F)F)c2)CC1)c1ccc2c(c1)CCOC2. The summed E-state index contributed by atoms with van der Waals surface area (Å²) in [7, 11) is 0. The van der Waals surface area contributed by atoms with E-state index in [2.05, 4.69) is 10.2 Å². The highest BCUT2D eigenvalue weighted by atomic mass is 19.4. The van der Waals surface area contributed by atoms with E-state index in [0.29, 0.717) is 50.6 Å². The van der Waals surface area contributed by atoms with Crippen LogP contribution in [0.2, 0.25) is 0 Å². The van der Waals surface area contributed by atoms with Gasteiger partial charge in [0.1, 0.15) is 0 Å². The first-order valence-electron chi connectivity index (χ1n) is 10.5. The zero-order chi connectivity index (χ0) is 21.8. The average molecular weight is 433 g/mol. The monoisotopic (exact) mass is 433 g/mol. The molecule has 5 nitrogen and oxygen atoms in total. The third kappa shape index (κ3) is 5.37. The molecule has 2 aromatic rings. The smallest absolute Gasteiger partial charge is 0.376 e. The van der Waals surface area contributed by atoms with E-state index in [1.807, 2.05) is 23.1 Å². The van der Waals surface area contributed by atoms with Crippen LogP contribution in [0, 0.1) is 0 Å². The number of amides is 1. The number of carbonyl (C=O) groups excluding carboxylic acids is 1. The van der Waals surface area contributed by atoms with Crippen LogP contribution in [0.3, 0.4) is 0 Å². The number of nitrogens with one attached hydrogen (secondary N) is 1. The Balaban J connectivity index is 1.23. The standard InChI is InChI=1S/C23H26F3N3O2/c24-23(25,26)20-2-1-3-21(15-20)29-11-9-28(10-12-29)8-7-27-22(30)18-4-5-19-16-31-13-6-17(19)14-18/h1-5,14-15H,6-13,16H2,(H,27,30). The third-order valence-electron chi connectivity index (χ3n) is 5.87. The minimum absolute atomic E-state index is 0.0862. The highest BCUT2D eigenvalue weighted by Crippen LogP contribution is 2.31. The normalized spacial score (nSPS) is 17.3. The van der Waals surface area contributed by atoms with E-state index in [1.165, 1.54) is 17.7 Å². The topological polar surface area (TPSA) is 44.8 Å². The van der Waals surface area contributed by atoms with E-state index in [0.717, 1.165) is 31.1 Å². The van der Waals surface area contributed by atoms with Crippen molar-refractivity contribution in [2.24, 2.45) is 0 Å². The summed E-state index contributed by atoms with van der Waals surface area (Å²) in [6.07, 6.45) is -3.51. The fourth-order valence-electron chi connectivity index (χ4n) is 4.04. The predicted octanol–water partition coefficient (Wildman–Crippen LogP) is 3.33. The van der Waals surface area contributed by atoms with Crippen molar-refractivity contribution in [1.29, 1.82) is 0 Å². The molecule has 2 heterocycles. The molecule has 0 aliphatic carbocycles. The fourth-order valence-corrected chi connectivity index (χ4v) is 4.04. The van der Waals surface area contributed by atoms with E-state index in [4.69, 9.17) is 4.74 Å². The summed E-state index contributed by atoms with van der Waals surface area (Å²) in [4.78, 5) is 16.7. The van der Waals surface area contributed by atoms with Crippen molar-refractivity contribution in [1.82, 2.24) is 10.2 Å². The van der Waals surface area contributed by atoms with Crippen LogP contribution in [0.4, 0.5) is 18.9 Å². The van der Waals surface area contributed by atoms with Crippen molar-refractivity contribution in [3.63, 3.8) is 0 Å². The van der Waals surface area contributed by atoms with Crippen molar-refractivity contribution in [2.45, 2.75) is 19.2 Å². The Morgan fingerprint density at radius 1 is 1.03 bits per heavy atom. The number of nitrogens with zero attached hydrogens (tertiary/aromatic N) is 2. The number of benzene rings is 2. The highest BCUT2D eigenvalue weighted by molar-refractivity contribution is 5.94. The van der Waals surface area contributed by atoms with Crippen molar-refractivity contribution < 1.29 is 22.7 Å². The van der Waals surface area contributed by atoms with Gasteiger partial charge in [-0.1, -0.05) is 12.1 Å². The lowest BCUT2D eigenvalue weighted by Crippen LogP contribution is -2.48. The molecule has 2 aromatic carbocycles. The van der Waals surface area contributed by atoms with Crippen LogP contribution in [0.1, 0.15) is 27.0 Å². The second kappa shape index (κ2) is 9.28. The summed E-state index contributed by atoms with van der Waals surface area (Å²) in [5, 5.41) is 2.97. The molecule has 2 aliphatic heterocycles. The molecular weight excluding hydrogens is 407 g/mol. The molecule has 0 aromatic heterocycles. The van der Waals surface area contributed by atoms with Gasteiger partial charge in [-0.05, 0) is 47.9 Å². The number of carbonyl (C=O) groups is 1. The minimum atomic E-state index is -4.33. The van der Waals surface area contributed by atoms with Crippen LogP contribution in [-0.4, -0.2) is 56.7 Å². The summed E-state index contributed by atoms with van der Waals surface area (Å²) in [6, 6.07) is 11.2. The van der Waals surface area contributed by atoms with Gasteiger partial charge in [-0.15, -0.1) is 0 Å². The Labute approximate surface area is 179 Å². The lowest BCUT2D eigenvalue weighted by atomic mass is 10.00. The largest absolute Gasteiger partial charge is 0.416 e. The third-order valence-corrected chi connectivity index (χ3v) is 5.87. The molecule has 1 amide bonds. The highest BCUT2D eigenvalue weighted by Gasteiger charge is 2.31. The van der Waals surface area contributed by atoms with E-state index >= 15 is 0 Å².